The number of hydrogen-bond acceptors (Lipinski definition) is 7. The van der Waals surface area contributed by atoms with E-state index < -0.39 is 10.0 Å². The first kappa shape index (κ1) is 23.1. The molecule has 0 radical (unpaired) electrons. The molecule has 10 nitrogen and oxygen atoms in total. The van der Waals surface area contributed by atoms with Gasteiger partial charge in [-0.1, -0.05) is 0 Å². The van der Waals surface area contributed by atoms with E-state index >= 15 is 0 Å². The standard InChI is InChI=1S/C20H31N7O3S/c1-13-16(14(2)26(5)24-13)7-9-21-19(28)17-11-22-20(25(3)4)23-18(17)15-8-10-27(12-15)31(6,29)30/h11,15H,7-10,12H2,1-6H3,(H,21,28). The molecule has 1 atom stereocenters. The third-order valence-corrected chi connectivity index (χ3v) is 7.05. The molecule has 2 aromatic heterocycles. The van der Waals surface area contributed by atoms with Crippen molar-refractivity contribution in [1.29, 1.82) is 0 Å². The summed E-state index contributed by atoms with van der Waals surface area (Å²) in [5.41, 5.74) is 4.15. The van der Waals surface area contributed by atoms with Crippen LogP contribution in [0.15, 0.2) is 6.20 Å². The lowest BCUT2D eigenvalue weighted by Crippen LogP contribution is -2.30. The molecule has 0 aliphatic carbocycles. The lowest BCUT2D eigenvalue weighted by Gasteiger charge is -2.18. The van der Waals surface area contributed by atoms with Crippen molar-refractivity contribution in [2.75, 3.05) is 44.9 Å². The molecule has 1 N–H and O–H groups in total. The third-order valence-electron chi connectivity index (χ3n) is 5.78. The van der Waals surface area contributed by atoms with Gasteiger partial charge in [-0.05, 0) is 32.3 Å². The van der Waals surface area contributed by atoms with E-state index in [1.165, 1.54) is 16.8 Å². The van der Waals surface area contributed by atoms with Crippen LogP contribution in [-0.2, 0) is 23.5 Å². The van der Waals surface area contributed by atoms with Crippen molar-refractivity contribution in [3.05, 3.63) is 34.4 Å². The Labute approximate surface area is 183 Å². The Balaban J connectivity index is 1.79. The smallest absolute Gasteiger partial charge is 0.254 e. The molecule has 170 valence electrons. The molecule has 0 saturated carbocycles. The van der Waals surface area contributed by atoms with Gasteiger partial charge in [0.15, 0.2) is 0 Å². The van der Waals surface area contributed by atoms with Gasteiger partial charge in [-0.3, -0.25) is 9.48 Å². The molecule has 1 fully saturated rings. The molecule has 1 aliphatic heterocycles. The molecule has 1 saturated heterocycles. The second-order valence-electron chi connectivity index (χ2n) is 8.25. The molecule has 3 rings (SSSR count). The number of carbonyl (C=O) groups excluding carboxylic acids is 1. The average Bonchev–Trinajstić information content (AvgIpc) is 3.28. The first-order chi connectivity index (χ1) is 14.5. The second-order valence-corrected chi connectivity index (χ2v) is 10.2. The number of hydrogen-bond donors (Lipinski definition) is 1. The minimum atomic E-state index is -3.28. The highest BCUT2D eigenvalue weighted by Gasteiger charge is 2.33. The molecule has 11 heteroatoms. The van der Waals surface area contributed by atoms with Crippen LogP contribution in [0, 0.1) is 13.8 Å². The Kier molecular flexibility index (Phi) is 6.65. The topological polar surface area (TPSA) is 113 Å². The van der Waals surface area contributed by atoms with E-state index in [0.717, 1.165) is 17.0 Å². The highest BCUT2D eigenvalue weighted by atomic mass is 32.2. The Morgan fingerprint density at radius 2 is 2.03 bits per heavy atom. The van der Waals surface area contributed by atoms with Crippen molar-refractivity contribution in [3.63, 3.8) is 0 Å². The van der Waals surface area contributed by atoms with E-state index in [0.29, 0.717) is 49.7 Å². The van der Waals surface area contributed by atoms with Crippen LogP contribution in [0.2, 0.25) is 0 Å². The second kappa shape index (κ2) is 8.91. The lowest BCUT2D eigenvalue weighted by molar-refractivity contribution is 0.0952. The molecule has 31 heavy (non-hydrogen) atoms. The van der Waals surface area contributed by atoms with Gasteiger partial charge in [-0.15, -0.1) is 0 Å². The van der Waals surface area contributed by atoms with Gasteiger partial charge in [-0.25, -0.2) is 22.7 Å². The van der Waals surface area contributed by atoms with Crippen molar-refractivity contribution in [2.24, 2.45) is 7.05 Å². The number of sulfonamides is 1. The number of anilines is 1. The summed E-state index contributed by atoms with van der Waals surface area (Å²) < 4.78 is 27.1. The van der Waals surface area contributed by atoms with Crippen molar-refractivity contribution in [3.8, 4) is 0 Å². The van der Waals surface area contributed by atoms with Crippen molar-refractivity contribution >= 4 is 21.9 Å². The summed E-state index contributed by atoms with van der Waals surface area (Å²) in [6, 6.07) is 0. The fraction of sp³-hybridized carbons (Fsp3) is 0.600. The predicted molar refractivity (Wildman–Crippen MR) is 119 cm³/mol. The number of carbonyl (C=O) groups is 1. The fourth-order valence-electron chi connectivity index (χ4n) is 3.92. The van der Waals surface area contributed by atoms with E-state index in [1.807, 2.05) is 39.7 Å². The van der Waals surface area contributed by atoms with Gasteiger partial charge in [0.05, 0.1) is 23.2 Å². The van der Waals surface area contributed by atoms with Gasteiger partial charge < -0.3 is 10.2 Å². The van der Waals surface area contributed by atoms with Crippen LogP contribution in [-0.4, -0.2) is 78.4 Å². The molecule has 1 aliphatic rings. The van der Waals surface area contributed by atoms with Crippen molar-refractivity contribution in [1.82, 2.24) is 29.4 Å². The third kappa shape index (κ3) is 5.04. The molecular formula is C20H31N7O3S. The Morgan fingerprint density at radius 3 is 2.58 bits per heavy atom. The summed E-state index contributed by atoms with van der Waals surface area (Å²) in [7, 11) is 2.28. The summed E-state index contributed by atoms with van der Waals surface area (Å²) in [4.78, 5) is 23.7. The predicted octanol–water partition coefficient (Wildman–Crippen LogP) is 0.614. The summed E-state index contributed by atoms with van der Waals surface area (Å²) in [5.74, 6) is 0.0864. The van der Waals surface area contributed by atoms with E-state index in [-0.39, 0.29) is 11.8 Å². The SMILES string of the molecule is Cc1nn(C)c(C)c1CCNC(=O)c1cnc(N(C)C)nc1C1CCN(S(C)(=O)=O)C1. The van der Waals surface area contributed by atoms with Crippen LogP contribution in [0.1, 0.15) is 45.3 Å². The molecule has 0 aromatic carbocycles. The van der Waals surface area contributed by atoms with E-state index in [1.54, 1.807) is 4.90 Å². The molecule has 0 bridgehead atoms. The van der Waals surface area contributed by atoms with Crippen LogP contribution >= 0.6 is 0 Å². The molecule has 1 unspecified atom stereocenters. The van der Waals surface area contributed by atoms with Crippen molar-refractivity contribution < 1.29 is 13.2 Å². The summed E-state index contributed by atoms with van der Waals surface area (Å²) in [6.07, 6.45) is 4.03. The maximum Gasteiger partial charge on any atom is 0.254 e. The molecule has 1 amide bonds. The van der Waals surface area contributed by atoms with Gasteiger partial charge in [0.25, 0.3) is 5.91 Å². The highest BCUT2D eigenvalue weighted by molar-refractivity contribution is 7.88. The van der Waals surface area contributed by atoms with Gasteiger partial charge in [0, 0.05) is 58.6 Å². The number of nitrogens with one attached hydrogen (secondary N) is 1. The largest absolute Gasteiger partial charge is 0.352 e. The number of amides is 1. The number of rotatable bonds is 7. The first-order valence-corrected chi connectivity index (χ1v) is 12.1. The highest BCUT2D eigenvalue weighted by Crippen LogP contribution is 2.30. The van der Waals surface area contributed by atoms with Gasteiger partial charge in [0.1, 0.15) is 0 Å². The average molecular weight is 450 g/mol. The lowest BCUT2D eigenvalue weighted by atomic mass is 9.99. The summed E-state index contributed by atoms with van der Waals surface area (Å²) >= 11 is 0. The normalized spacial score (nSPS) is 17.2. The molecule has 2 aromatic rings. The number of nitrogens with zero attached hydrogens (tertiary/aromatic N) is 6. The van der Waals surface area contributed by atoms with Crippen LogP contribution in [0.4, 0.5) is 5.95 Å². The van der Waals surface area contributed by atoms with Crippen LogP contribution in [0.3, 0.4) is 0 Å². The van der Waals surface area contributed by atoms with E-state index in [4.69, 9.17) is 0 Å². The fourth-order valence-corrected chi connectivity index (χ4v) is 4.80. The zero-order valence-corrected chi connectivity index (χ0v) is 19.8. The molecule has 3 heterocycles. The van der Waals surface area contributed by atoms with Gasteiger partial charge in [-0.2, -0.15) is 5.10 Å². The number of aryl methyl sites for hydroxylation is 2. The minimum absolute atomic E-state index is 0.153. The maximum absolute atomic E-state index is 13.0. The van der Waals surface area contributed by atoms with Crippen LogP contribution in [0.25, 0.3) is 0 Å². The van der Waals surface area contributed by atoms with E-state index in [2.05, 4.69) is 20.4 Å². The molecular weight excluding hydrogens is 418 g/mol. The Hall–Kier alpha value is -2.53. The zero-order valence-electron chi connectivity index (χ0n) is 19.0. The summed E-state index contributed by atoms with van der Waals surface area (Å²) in [5, 5.41) is 7.38. The summed E-state index contributed by atoms with van der Waals surface area (Å²) in [6.45, 7) is 5.17. The monoisotopic (exact) mass is 449 g/mol. The Morgan fingerprint density at radius 1 is 1.32 bits per heavy atom. The van der Waals surface area contributed by atoms with Crippen molar-refractivity contribution in [2.45, 2.75) is 32.6 Å². The quantitative estimate of drug-likeness (QED) is 0.659. The Bertz CT molecular complexity index is 1080. The van der Waals surface area contributed by atoms with Gasteiger partial charge in [0.2, 0.25) is 16.0 Å². The van der Waals surface area contributed by atoms with Gasteiger partial charge >= 0.3 is 0 Å². The molecule has 0 spiro atoms. The minimum Gasteiger partial charge on any atom is -0.352 e. The number of aromatic nitrogens is 4. The van der Waals surface area contributed by atoms with E-state index in [9.17, 15) is 13.2 Å². The first-order valence-electron chi connectivity index (χ1n) is 10.3. The van der Waals surface area contributed by atoms with Crippen LogP contribution in [0.5, 0.6) is 0 Å². The van der Waals surface area contributed by atoms with Crippen LogP contribution < -0.4 is 10.2 Å². The zero-order chi connectivity index (χ0) is 22.9. The maximum atomic E-state index is 13.0.